The van der Waals surface area contributed by atoms with Crippen LogP contribution in [0.3, 0.4) is 0 Å². The van der Waals surface area contributed by atoms with Gasteiger partial charge in [-0.15, -0.1) is 0 Å². The Morgan fingerprint density at radius 2 is 1.88 bits per heavy atom. The predicted octanol–water partition coefficient (Wildman–Crippen LogP) is 3.28. The van der Waals surface area contributed by atoms with Crippen LogP contribution in [0, 0.1) is 17.1 Å². The fourth-order valence-electron chi connectivity index (χ4n) is 2.09. The number of nitrogens with zero attached hydrogens (tertiary/aromatic N) is 1. The molecule has 0 saturated heterocycles. The van der Waals surface area contributed by atoms with Crippen molar-refractivity contribution in [2.45, 2.75) is 0 Å². The highest BCUT2D eigenvalue weighted by Crippen LogP contribution is 2.32. The smallest absolute Gasteiger partial charge is 0.346 e. The molecule has 0 atom stereocenters. The third-order valence-electron chi connectivity index (χ3n) is 3.29. The molecule has 2 rings (SSSR count). The van der Waals surface area contributed by atoms with E-state index in [-0.39, 0.29) is 19.0 Å². The number of aliphatic carboxylic acids is 1. The van der Waals surface area contributed by atoms with Crippen LogP contribution >= 0.6 is 0 Å². The molecule has 1 N–H and O–H groups in total. The van der Waals surface area contributed by atoms with Crippen LogP contribution in [-0.4, -0.2) is 31.4 Å². The Balaban J connectivity index is 2.11. The van der Waals surface area contributed by atoms with E-state index in [2.05, 4.69) is 0 Å². The zero-order valence-corrected chi connectivity index (χ0v) is 13.9. The van der Waals surface area contributed by atoms with Gasteiger partial charge >= 0.3 is 5.97 Å². The summed E-state index contributed by atoms with van der Waals surface area (Å²) in [4.78, 5) is 11.0. The van der Waals surface area contributed by atoms with E-state index >= 15 is 0 Å². The Bertz CT molecular complexity index is 840. The van der Waals surface area contributed by atoms with Crippen LogP contribution < -0.4 is 14.2 Å². The summed E-state index contributed by atoms with van der Waals surface area (Å²) in [7, 11) is 1.45. The third kappa shape index (κ3) is 4.98. The molecular formula is C19H16FNO5. The summed E-state index contributed by atoms with van der Waals surface area (Å²) < 4.78 is 29.2. The van der Waals surface area contributed by atoms with Crippen molar-refractivity contribution in [1.29, 1.82) is 5.26 Å². The fourth-order valence-corrected chi connectivity index (χ4v) is 2.09. The SMILES string of the molecule is COc1cccc(C=C(C#N)C(=O)O)c1OCCOc1ccc(F)cc1. The maximum atomic E-state index is 12.9. The van der Waals surface area contributed by atoms with Crippen molar-refractivity contribution in [2.75, 3.05) is 20.3 Å². The van der Waals surface area contributed by atoms with Crippen LogP contribution in [0.15, 0.2) is 48.0 Å². The lowest BCUT2D eigenvalue weighted by Gasteiger charge is -2.14. The first kappa shape index (κ1) is 18.8. The number of carboxylic acids is 1. The van der Waals surface area contributed by atoms with Crippen LogP contribution in [0.25, 0.3) is 6.08 Å². The second-order valence-electron chi connectivity index (χ2n) is 5.00. The topological polar surface area (TPSA) is 88.8 Å². The molecule has 0 aliphatic rings. The minimum Gasteiger partial charge on any atom is -0.493 e. The molecule has 0 saturated carbocycles. The van der Waals surface area contributed by atoms with Crippen molar-refractivity contribution >= 4 is 12.0 Å². The summed E-state index contributed by atoms with van der Waals surface area (Å²) >= 11 is 0. The number of rotatable bonds is 8. The Labute approximate surface area is 149 Å². The van der Waals surface area contributed by atoms with Gasteiger partial charge in [0.2, 0.25) is 0 Å². The lowest BCUT2D eigenvalue weighted by molar-refractivity contribution is -0.132. The Morgan fingerprint density at radius 1 is 1.19 bits per heavy atom. The Kier molecular flexibility index (Phi) is 6.57. The van der Waals surface area contributed by atoms with Crippen LogP contribution in [-0.2, 0) is 4.79 Å². The highest BCUT2D eigenvalue weighted by atomic mass is 19.1. The zero-order valence-electron chi connectivity index (χ0n) is 13.9. The predicted molar refractivity (Wildman–Crippen MR) is 91.6 cm³/mol. The molecule has 7 heteroatoms. The number of hydrogen-bond acceptors (Lipinski definition) is 5. The molecule has 26 heavy (non-hydrogen) atoms. The maximum absolute atomic E-state index is 12.9. The van der Waals surface area contributed by atoms with Crippen molar-refractivity contribution in [3.63, 3.8) is 0 Å². The summed E-state index contributed by atoms with van der Waals surface area (Å²) in [5.74, 6) is -0.505. The minimum atomic E-state index is -1.33. The molecule has 6 nitrogen and oxygen atoms in total. The van der Waals surface area contributed by atoms with Gasteiger partial charge < -0.3 is 19.3 Å². The second-order valence-corrected chi connectivity index (χ2v) is 5.00. The number of hydrogen-bond donors (Lipinski definition) is 1. The first-order chi connectivity index (χ1) is 12.5. The van der Waals surface area contributed by atoms with Gasteiger partial charge in [-0.05, 0) is 36.4 Å². The highest BCUT2D eigenvalue weighted by Gasteiger charge is 2.13. The molecule has 134 valence electrons. The lowest BCUT2D eigenvalue weighted by atomic mass is 10.1. The molecule has 0 spiro atoms. The van der Waals surface area contributed by atoms with Crippen LogP contribution in [0.1, 0.15) is 5.56 Å². The molecule has 0 heterocycles. The van der Waals surface area contributed by atoms with Gasteiger partial charge in [-0.2, -0.15) is 5.26 Å². The van der Waals surface area contributed by atoms with E-state index in [9.17, 15) is 9.18 Å². The number of ether oxygens (including phenoxy) is 3. The van der Waals surface area contributed by atoms with Crippen molar-refractivity contribution in [2.24, 2.45) is 0 Å². The van der Waals surface area contributed by atoms with Crippen molar-refractivity contribution < 1.29 is 28.5 Å². The van der Waals surface area contributed by atoms with Crippen molar-refractivity contribution in [1.82, 2.24) is 0 Å². The summed E-state index contributed by atoms with van der Waals surface area (Å²) in [6, 6.07) is 12.1. The minimum absolute atomic E-state index is 0.132. The van der Waals surface area contributed by atoms with Gasteiger partial charge in [0.25, 0.3) is 0 Å². The number of benzene rings is 2. The van der Waals surface area contributed by atoms with Gasteiger partial charge in [-0.3, -0.25) is 0 Å². The summed E-state index contributed by atoms with van der Waals surface area (Å²) in [5, 5.41) is 17.9. The van der Waals surface area contributed by atoms with Crippen LogP contribution in [0.5, 0.6) is 17.2 Å². The monoisotopic (exact) mass is 357 g/mol. The quantitative estimate of drug-likeness (QED) is 0.443. The van der Waals surface area contributed by atoms with Gasteiger partial charge in [-0.1, -0.05) is 12.1 Å². The van der Waals surface area contributed by atoms with E-state index in [0.717, 1.165) is 0 Å². The Hall–Kier alpha value is -3.53. The molecule has 0 amide bonds. The molecule has 0 aliphatic heterocycles. The number of carbonyl (C=O) groups is 1. The second kappa shape index (κ2) is 9.08. The van der Waals surface area contributed by atoms with Gasteiger partial charge in [0.15, 0.2) is 11.5 Å². The van der Waals surface area contributed by atoms with Crippen LogP contribution in [0.4, 0.5) is 4.39 Å². The lowest BCUT2D eigenvalue weighted by Crippen LogP contribution is -2.10. The Morgan fingerprint density at radius 3 is 2.50 bits per heavy atom. The van der Waals surface area contributed by atoms with Crippen molar-refractivity contribution in [3.8, 4) is 23.3 Å². The number of methoxy groups -OCH3 is 1. The fraction of sp³-hybridized carbons (Fsp3) is 0.158. The number of para-hydroxylation sites is 1. The first-order valence-corrected chi connectivity index (χ1v) is 7.58. The molecule has 0 fully saturated rings. The first-order valence-electron chi connectivity index (χ1n) is 7.58. The van der Waals surface area contributed by atoms with Crippen LogP contribution in [0.2, 0.25) is 0 Å². The van der Waals surface area contributed by atoms with Crippen molar-refractivity contribution in [3.05, 3.63) is 59.4 Å². The third-order valence-corrected chi connectivity index (χ3v) is 3.29. The number of nitriles is 1. The van der Waals surface area contributed by atoms with Gasteiger partial charge in [0, 0.05) is 5.56 Å². The molecule has 0 radical (unpaired) electrons. The average molecular weight is 357 g/mol. The van der Waals surface area contributed by atoms with E-state index in [0.29, 0.717) is 22.8 Å². The van der Waals surface area contributed by atoms with Gasteiger partial charge in [0.05, 0.1) is 7.11 Å². The standard InChI is InChI=1S/C19H16FNO5/c1-24-17-4-2-3-13(11-14(12-21)19(22)23)18(17)26-10-9-25-16-7-5-15(20)6-8-16/h2-8,11H,9-10H2,1H3,(H,22,23). The van der Waals surface area contributed by atoms with E-state index in [1.807, 2.05) is 0 Å². The molecule has 0 aliphatic carbocycles. The zero-order chi connectivity index (χ0) is 18.9. The molecule has 0 aromatic heterocycles. The molecule has 2 aromatic rings. The highest BCUT2D eigenvalue weighted by molar-refractivity contribution is 5.97. The molecule has 0 unspecified atom stereocenters. The van der Waals surface area contributed by atoms with E-state index in [4.69, 9.17) is 24.6 Å². The molecular weight excluding hydrogens is 341 g/mol. The normalized spacial score (nSPS) is 10.7. The summed E-state index contributed by atoms with van der Waals surface area (Å²) in [5.41, 5.74) is -0.0317. The largest absolute Gasteiger partial charge is 0.493 e. The van der Waals surface area contributed by atoms with Gasteiger partial charge in [-0.25, -0.2) is 9.18 Å². The summed E-state index contributed by atoms with van der Waals surface area (Å²) in [6.45, 7) is 0.310. The van der Waals surface area contributed by atoms with E-state index in [1.54, 1.807) is 24.3 Å². The van der Waals surface area contributed by atoms with Gasteiger partial charge in [0.1, 0.15) is 36.4 Å². The molecule has 2 aromatic carbocycles. The molecule has 0 bridgehead atoms. The maximum Gasteiger partial charge on any atom is 0.346 e. The van der Waals surface area contributed by atoms with E-state index in [1.165, 1.54) is 37.5 Å². The van der Waals surface area contributed by atoms with E-state index < -0.39 is 11.5 Å². The average Bonchev–Trinajstić information content (AvgIpc) is 2.64. The number of carboxylic acid groups (broad SMARTS) is 1. The number of halogens is 1. The summed E-state index contributed by atoms with van der Waals surface area (Å²) in [6.07, 6.45) is 1.21.